The third-order valence-corrected chi connectivity index (χ3v) is 3.71. The van der Waals surface area contributed by atoms with Crippen molar-refractivity contribution in [2.24, 2.45) is 5.84 Å². The van der Waals surface area contributed by atoms with E-state index in [4.69, 9.17) is 5.84 Å². The van der Waals surface area contributed by atoms with Gasteiger partial charge in [-0.05, 0) is 30.4 Å². The van der Waals surface area contributed by atoms with Crippen molar-refractivity contribution in [3.05, 3.63) is 46.0 Å². The van der Waals surface area contributed by atoms with Crippen molar-refractivity contribution in [2.45, 2.75) is 32.7 Å². The van der Waals surface area contributed by atoms with Gasteiger partial charge in [-0.1, -0.05) is 47.7 Å². The molecule has 2 aromatic rings. The fraction of sp³-hybridized carbons (Fsp3) is 0.385. The molecule has 0 fully saturated rings. The molecule has 0 aliphatic carbocycles. The Hall–Kier alpha value is -1.30. The second-order valence-electron chi connectivity index (χ2n) is 4.35. The molecular weight excluding hydrogens is 244 g/mol. The lowest BCUT2D eigenvalue weighted by atomic mass is 10.0. The highest BCUT2D eigenvalue weighted by Crippen LogP contribution is 2.27. The summed E-state index contributed by atoms with van der Waals surface area (Å²) in [4.78, 5) is 1.12. The maximum atomic E-state index is 5.71. The average molecular weight is 262 g/mol. The minimum absolute atomic E-state index is 0.0218. The van der Waals surface area contributed by atoms with Gasteiger partial charge >= 0.3 is 0 Å². The molecule has 1 atom stereocenters. The molecule has 2 rings (SSSR count). The smallest absolute Gasteiger partial charge is 0.0837 e. The molecule has 1 unspecified atom stereocenters. The molecule has 0 amide bonds. The zero-order valence-corrected chi connectivity index (χ0v) is 11.5. The Kier molecular flexibility index (Phi) is 4.41. The van der Waals surface area contributed by atoms with Crippen LogP contribution in [0.4, 0.5) is 0 Å². The lowest BCUT2D eigenvalue weighted by molar-refractivity contribution is 0.636. The number of aryl methyl sites for hydroxylation is 2. The van der Waals surface area contributed by atoms with Gasteiger partial charge in [-0.2, -0.15) is 0 Å². The third kappa shape index (κ3) is 2.75. The van der Waals surface area contributed by atoms with Gasteiger partial charge in [0.2, 0.25) is 0 Å². The summed E-state index contributed by atoms with van der Waals surface area (Å²) in [7, 11) is 0. The van der Waals surface area contributed by atoms with E-state index in [1.807, 2.05) is 6.07 Å². The van der Waals surface area contributed by atoms with Crippen molar-refractivity contribution in [1.82, 2.24) is 15.0 Å². The Balaban J connectivity index is 2.36. The highest BCUT2D eigenvalue weighted by atomic mass is 32.1. The number of hydrogen-bond acceptors (Lipinski definition) is 5. The quantitative estimate of drug-likeness (QED) is 0.641. The number of nitrogens with one attached hydrogen (secondary N) is 1. The lowest BCUT2D eigenvalue weighted by Gasteiger charge is -2.15. The van der Waals surface area contributed by atoms with Crippen molar-refractivity contribution < 1.29 is 0 Å². The molecule has 96 valence electrons. The Bertz CT molecular complexity index is 509. The van der Waals surface area contributed by atoms with Crippen molar-refractivity contribution in [1.29, 1.82) is 0 Å². The Morgan fingerprint density at radius 2 is 2.28 bits per heavy atom. The molecule has 0 radical (unpaired) electrons. The third-order valence-electron chi connectivity index (χ3n) is 2.88. The first kappa shape index (κ1) is 13.1. The minimum atomic E-state index is -0.0218. The van der Waals surface area contributed by atoms with Gasteiger partial charge in [0, 0.05) is 0 Å². The van der Waals surface area contributed by atoms with E-state index in [0.29, 0.717) is 0 Å². The van der Waals surface area contributed by atoms with Crippen LogP contribution in [0.5, 0.6) is 0 Å². The largest absolute Gasteiger partial charge is 0.271 e. The van der Waals surface area contributed by atoms with Crippen LogP contribution in [-0.4, -0.2) is 9.59 Å². The van der Waals surface area contributed by atoms with Crippen molar-refractivity contribution >= 4 is 11.5 Å². The zero-order chi connectivity index (χ0) is 13.0. The molecule has 4 nitrogen and oxygen atoms in total. The average Bonchev–Trinajstić information content (AvgIpc) is 2.79. The molecule has 0 aliphatic heterocycles. The number of benzene rings is 1. The molecular formula is C13H18N4S. The maximum Gasteiger partial charge on any atom is 0.0837 e. The highest BCUT2D eigenvalue weighted by molar-refractivity contribution is 7.05. The summed E-state index contributed by atoms with van der Waals surface area (Å²) in [5.41, 5.74) is 6.30. The summed E-state index contributed by atoms with van der Waals surface area (Å²) < 4.78 is 4.05. The second-order valence-corrected chi connectivity index (χ2v) is 5.13. The van der Waals surface area contributed by atoms with E-state index in [0.717, 1.165) is 29.0 Å². The zero-order valence-electron chi connectivity index (χ0n) is 10.7. The molecule has 0 saturated heterocycles. The lowest BCUT2D eigenvalue weighted by Crippen LogP contribution is -2.29. The van der Waals surface area contributed by atoms with Crippen LogP contribution < -0.4 is 11.3 Å². The number of nitrogens with zero attached hydrogens (tertiary/aromatic N) is 2. The number of rotatable bonds is 5. The molecule has 0 spiro atoms. The topological polar surface area (TPSA) is 63.8 Å². The molecule has 0 saturated carbocycles. The van der Waals surface area contributed by atoms with Crippen molar-refractivity contribution in [2.75, 3.05) is 0 Å². The number of aromatic nitrogens is 2. The SMILES string of the molecule is CCCc1nnsc1C(NN)c1cccc(C)c1. The van der Waals surface area contributed by atoms with Gasteiger partial charge in [-0.25, -0.2) is 5.43 Å². The van der Waals surface area contributed by atoms with E-state index in [-0.39, 0.29) is 6.04 Å². The van der Waals surface area contributed by atoms with E-state index in [9.17, 15) is 0 Å². The highest BCUT2D eigenvalue weighted by Gasteiger charge is 2.19. The summed E-state index contributed by atoms with van der Waals surface area (Å²) in [6, 6.07) is 8.32. The summed E-state index contributed by atoms with van der Waals surface area (Å²) in [6.07, 6.45) is 2.00. The van der Waals surface area contributed by atoms with Crippen LogP contribution in [0.15, 0.2) is 24.3 Å². The summed E-state index contributed by atoms with van der Waals surface area (Å²) in [5, 5.41) is 4.20. The van der Waals surface area contributed by atoms with E-state index in [1.54, 1.807) is 0 Å². The fourth-order valence-electron chi connectivity index (χ4n) is 2.02. The van der Waals surface area contributed by atoms with Crippen molar-refractivity contribution in [3.63, 3.8) is 0 Å². The first-order valence-electron chi connectivity index (χ1n) is 6.10. The van der Waals surface area contributed by atoms with Gasteiger partial charge in [-0.3, -0.25) is 5.84 Å². The van der Waals surface area contributed by atoms with Gasteiger partial charge in [0.15, 0.2) is 0 Å². The van der Waals surface area contributed by atoms with E-state index in [2.05, 4.69) is 47.1 Å². The first-order valence-corrected chi connectivity index (χ1v) is 6.87. The van der Waals surface area contributed by atoms with Gasteiger partial charge in [0.1, 0.15) is 0 Å². The Labute approximate surface area is 111 Å². The monoisotopic (exact) mass is 262 g/mol. The normalized spacial score (nSPS) is 12.6. The minimum Gasteiger partial charge on any atom is -0.271 e. The molecule has 0 bridgehead atoms. The van der Waals surface area contributed by atoms with E-state index < -0.39 is 0 Å². The molecule has 3 N–H and O–H groups in total. The van der Waals surface area contributed by atoms with Gasteiger partial charge in [0.05, 0.1) is 16.6 Å². The summed E-state index contributed by atoms with van der Waals surface area (Å²) >= 11 is 1.42. The van der Waals surface area contributed by atoms with Crippen LogP contribution in [0, 0.1) is 6.92 Å². The summed E-state index contributed by atoms with van der Waals surface area (Å²) in [6.45, 7) is 4.22. The molecule has 5 heteroatoms. The predicted octanol–water partition coefficient (Wildman–Crippen LogP) is 2.35. The van der Waals surface area contributed by atoms with Gasteiger partial charge in [-0.15, -0.1) is 5.10 Å². The Morgan fingerprint density at radius 3 is 2.94 bits per heavy atom. The molecule has 1 aromatic heterocycles. The molecule has 0 aliphatic rings. The van der Waals surface area contributed by atoms with Gasteiger partial charge < -0.3 is 0 Å². The molecule has 1 heterocycles. The number of nitrogens with two attached hydrogens (primary N) is 1. The fourth-order valence-corrected chi connectivity index (χ4v) is 2.80. The van der Waals surface area contributed by atoms with Gasteiger partial charge in [0.25, 0.3) is 0 Å². The molecule has 1 aromatic carbocycles. The van der Waals surface area contributed by atoms with Crippen LogP contribution in [-0.2, 0) is 6.42 Å². The van der Waals surface area contributed by atoms with Crippen LogP contribution in [0.3, 0.4) is 0 Å². The maximum absolute atomic E-state index is 5.71. The molecule has 18 heavy (non-hydrogen) atoms. The van der Waals surface area contributed by atoms with E-state index in [1.165, 1.54) is 17.1 Å². The standard InChI is InChI=1S/C13H18N4S/c1-3-5-11-13(18-17-16-11)12(15-14)10-7-4-6-9(2)8-10/h4,6-8,12,15H,3,5,14H2,1-2H3. The Morgan fingerprint density at radius 1 is 1.44 bits per heavy atom. The van der Waals surface area contributed by atoms with Crippen molar-refractivity contribution in [3.8, 4) is 0 Å². The predicted molar refractivity (Wildman–Crippen MR) is 74.2 cm³/mol. The number of hydrogen-bond donors (Lipinski definition) is 2. The van der Waals surface area contributed by atoms with Crippen LogP contribution in [0.25, 0.3) is 0 Å². The van der Waals surface area contributed by atoms with Crippen LogP contribution >= 0.6 is 11.5 Å². The van der Waals surface area contributed by atoms with E-state index >= 15 is 0 Å². The second kappa shape index (κ2) is 6.04. The van der Waals surface area contributed by atoms with Crippen LogP contribution in [0.2, 0.25) is 0 Å². The number of hydrazine groups is 1. The van der Waals surface area contributed by atoms with Crippen LogP contribution in [0.1, 0.15) is 41.1 Å². The first-order chi connectivity index (χ1) is 8.76. The summed E-state index contributed by atoms with van der Waals surface area (Å²) in [5.74, 6) is 5.71.